The summed E-state index contributed by atoms with van der Waals surface area (Å²) in [6.07, 6.45) is 0.134. The Morgan fingerprint density at radius 2 is 1.84 bits per heavy atom. The number of benzene rings is 2. The van der Waals surface area contributed by atoms with Crippen molar-refractivity contribution in [3.63, 3.8) is 0 Å². The molecule has 25 heavy (non-hydrogen) atoms. The Bertz CT molecular complexity index is 850. The average molecular weight is 401 g/mol. The molecule has 0 fully saturated rings. The zero-order valence-electron chi connectivity index (χ0n) is 13.7. The van der Waals surface area contributed by atoms with Crippen molar-refractivity contribution in [3.8, 4) is 0 Å². The molecule has 128 valence electrons. The van der Waals surface area contributed by atoms with E-state index in [9.17, 15) is 14.4 Å². The zero-order valence-corrected chi connectivity index (χ0v) is 15.2. The highest BCUT2D eigenvalue weighted by Gasteiger charge is 2.32. The van der Waals surface area contributed by atoms with Crippen LogP contribution in [0.4, 0.5) is 0 Å². The number of hydrogen-bond acceptors (Lipinski definition) is 3. The number of hydrogen-bond donors (Lipinski definition) is 1. The summed E-state index contributed by atoms with van der Waals surface area (Å²) in [6.45, 7) is 1.58. The fourth-order valence-corrected chi connectivity index (χ4v) is 3.52. The lowest BCUT2D eigenvalue weighted by atomic mass is 9.98. The lowest BCUT2D eigenvalue weighted by molar-refractivity contribution is -0.133. The van der Waals surface area contributed by atoms with E-state index in [1.807, 2.05) is 31.2 Å². The van der Waals surface area contributed by atoms with E-state index in [2.05, 4.69) is 21.2 Å². The summed E-state index contributed by atoms with van der Waals surface area (Å²) in [4.78, 5) is 38.1. The van der Waals surface area contributed by atoms with Crippen molar-refractivity contribution < 1.29 is 14.4 Å². The van der Waals surface area contributed by atoms with Crippen LogP contribution in [0.3, 0.4) is 0 Å². The maximum absolute atomic E-state index is 12.5. The maximum Gasteiger partial charge on any atom is 0.261 e. The third-order valence-electron chi connectivity index (χ3n) is 4.19. The van der Waals surface area contributed by atoms with Gasteiger partial charge in [0.25, 0.3) is 5.91 Å². The summed E-state index contributed by atoms with van der Waals surface area (Å²) in [5.74, 6) is -1.15. The van der Waals surface area contributed by atoms with Crippen LogP contribution < -0.4 is 5.32 Å². The maximum atomic E-state index is 12.5. The predicted octanol–water partition coefficient (Wildman–Crippen LogP) is 2.85. The molecule has 1 heterocycles. The second kappa shape index (κ2) is 7.19. The van der Waals surface area contributed by atoms with Crippen molar-refractivity contribution in [2.45, 2.75) is 19.4 Å². The number of nitrogens with zero attached hydrogens (tertiary/aromatic N) is 1. The first-order chi connectivity index (χ1) is 12.0. The second-order valence-corrected chi connectivity index (χ2v) is 6.78. The van der Waals surface area contributed by atoms with Crippen molar-refractivity contribution in [2.75, 3.05) is 6.54 Å². The molecule has 1 atom stereocenters. The van der Waals surface area contributed by atoms with E-state index in [0.29, 0.717) is 11.1 Å². The fourth-order valence-electron chi connectivity index (χ4n) is 2.89. The van der Waals surface area contributed by atoms with Gasteiger partial charge in [-0.1, -0.05) is 52.3 Å². The zero-order chi connectivity index (χ0) is 18.0. The molecule has 3 rings (SSSR count). The van der Waals surface area contributed by atoms with Crippen LogP contribution in [0.5, 0.6) is 0 Å². The molecule has 0 spiro atoms. The highest BCUT2D eigenvalue weighted by molar-refractivity contribution is 9.10. The molecule has 0 unspecified atom stereocenters. The Balaban J connectivity index is 1.70. The summed E-state index contributed by atoms with van der Waals surface area (Å²) in [6, 6.07) is 14.3. The molecule has 5 nitrogen and oxygen atoms in total. The molecule has 6 heteroatoms. The smallest absolute Gasteiger partial charge is 0.261 e. The first kappa shape index (κ1) is 17.4. The monoisotopic (exact) mass is 400 g/mol. The largest absolute Gasteiger partial charge is 0.348 e. The molecule has 2 aromatic carbocycles. The lowest BCUT2D eigenvalue weighted by Crippen LogP contribution is -2.47. The number of carbonyl (C=O) groups excluding carboxylic acids is 3. The lowest BCUT2D eigenvalue weighted by Gasteiger charge is -2.27. The molecule has 2 aromatic rings. The molecule has 1 aliphatic heterocycles. The van der Waals surface area contributed by atoms with Crippen LogP contribution in [-0.4, -0.2) is 29.2 Å². The minimum Gasteiger partial charge on any atom is -0.348 e. The molecule has 0 radical (unpaired) electrons. The van der Waals surface area contributed by atoms with Gasteiger partial charge in [0.05, 0.1) is 12.5 Å². The molecule has 0 aromatic heterocycles. The van der Waals surface area contributed by atoms with Crippen molar-refractivity contribution in [1.29, 1.82) is 0 Å². The third-order valence-corrected chi connectivity index (χ3v) is 4.91. The van der Waals surface area contributed by atoms with Gasteiger partial charge in [-0.2, -0.15) is 0 Å². The van der Waals surface area contributed by atoms with Gasteiger partial charge < -0.3 is 5.32 Å². The summed E-state index contributed by atoms with van der Waals surface area (Å²) < 4.78 is 0.891. The number of nitrogens with one attached hydrogen (secondary N) is 1. The van der Waals surface area contributed by atoms with E-state index >= 15 is 0 Å². The van der Waals surface area contributed by atoms with E-state index in [1.54, 1.807) is 24.3 Å². The molecule has 1 aliphatic rings. The SMILES string of the molecule is C[C@@H](NC(=O)CN1C(=O)Cc2ccccc2C1=O)c1ccccc1Br. The van der Waals surface area contributed by atoms with Crippen molar-refractivity contribution in [2.24, 2.45) is 0 Å². The average Bonchev–Trinajstić information content (AvgIpc) is 2.59. The van der Waals surface area contributed by atoms with Crippen LogP contribution in [0.15, 0.2) is 53.0 Å². The number of amides is 3. The van der Waals surface area contributed by atoms with Crippen LogP contribution in [0.1, 0.15) is 34.5 Å². The molecular formula is C19H17BrN2O3. The highest BCUT2D eigenvalue weighted by Crippen LogP contribution is 2.23. The molecule has 0 saturated carbocycles. The molecule has 0 aliphatic carbocycles. The quantitative estimate of drug-likeness (QED) is 0.802. The fraction of sp³-hybridized carbons (Fsp3) is 0.211. The van der Waals surface area contributed by atoms with Gasteiger partial charge in [-0.05, 0) is 30.2 Å². The number of fused-ring (bicyclic) bond motifs is 1. The first-order valence-corrected chi connectivity index (χ1v) is 8.73. The highest BCUT2D eigenvalue weighted by atomic mass is 79.9. The Labute approximate surface area is 154 Å². The van der Waals surface area contributed by atoms with Gasteiger partial charge in [0, 0.05) is 10.0 Å². The molecule has 0 saturated heterocycles. The van der Waals surface area contributed by atoms with Crippen molar-refractivity contribution in [3.05, 3.63) is 69.7 Å². The minimum atomic E-state index is -0.421. The van der Waals surface area contributed by atoms with Crippen LogP contribution in [-0.2, 0) is 16.0 Å². The van der Waals surface area contributed by atoms with Gasteiger partial charge in [-0.3, -0.25) is 19.3 Å². The Kier molecular flexibility index (Phi) is 4.99. The topological polar surface area (TPSA) is 66.5 Å². The normalized spacial score (nSPS) is 14.9. The van der Waals surface area contributed by atoms with E-state index < -0.39 is 5.91 Å². The molecule has 0 bridgehead atoms. The number of halogens is 1. The summed E-state index contributed by atoms with van der Waals surface area (Å²) in [5, 5.41) is 2.83. The van der Waals surface area contributed by atoms with Crippen LogP contribution in [0, 0.1) is 0 Å². The van der Waals surface area contributed by atoms with Gasteiger partial charge in [-0.25, -0.2) is 0 Å². The summed E-state index contributed by atoms with van der Waals surface area (Å²) in [7, 11) is 0. The Morgan fingerprint density at radius 1 is 1.16 bits per heavy atom. The number of carbonyl (C=O) groups is 3. The van der Waals surface area contributed by atoms with E-state index in [4.69, 9.17) is 0 Å². The molecule has 1 N–H and O–H groups in total. The summed E-state index contributed by atoms with van der Waals surface area (Å²) in [5.41, 5.74) is 2.11. The van der Waals surface area contributed by atoms with Crippen molar-refractivity contribution >= 4 is 33.7 Å². The third kappa shape index (κ3) is 3.64. The van der Waals surface area contributed by atoms with Gasteiger partial charge >= 0.3 is 0 Å². The second-order valence-electron chi connectivity index (χ2n) is 5.93. The Hall–Kier alpha value is -2.47. The number of imide groups is 1. The Morgan fingerprint density at radius 3 is 2.60 bits per heavy atom. The predicted molar refractivity (Wildman–Crippen MR) is 96.9 cm³/mol. The first-order valence-electron chi connectivity index (χ1n) is 7.93. The minimum absolute atomic E-state index is 0.134. The van der Waals surface area contributed by atoms with Crippen molar-refractivity contribution in [1.82, 2.24) is 10.2 Å². The van der Waals surface area contributed by atoms with E-state index in [-0.39, 0.29) is 30.8 Å². The van der Waals surface area contributed by atoms with Gasteiger partial charge in [-0.15, -0.1) is 0 Å². The molecule has 3 amide bonds. The standard InChI is InChI=1S/C19H17BrN2O3/c1-12(14-7-4-5-9-16(14)20)21-17(23)11-22-18(24)10-13-6-2-3-8-15(13)19(22)25/h2-9,12H,10-11H2,1H3,(H,21,23)/t12-/m1/s1. The van der Waals surface area contributed by atoms with Gasteiger partial charge in [0.15, 0.2) is 0 Å². The van der Waals surface area contributed by atoms with Gasteiger partial charge in [0.1, 0.15) is 6.54 Å². The van der Waals surface area contributed by atoms with Gasteiger partial charge in [0.2, 0.25) is 11.8 Å². The molecular weight excluding hydrogens is 384 g/mol. The van der Waals surface area contributed by atoms with Crippen LogP contribution in [0.25, 0.3) is 0 Å². The van der Waals surface area contributed by atoms with E-state index in [1.165, 1.54) is 0 Å². The van der Waals surface area contributed by atoms with Crippen LogP contribution in [0.2, 0.25) is 0 Å². The van der Waals surface area contributed by atoms with E-state index in [0.717, 1.165) is 14.9 Å². The summed E-state index contributed by atoms with van der Waals surface area (Å²) >= 11 is 3.45. The number of rotatable bonds is 4. The van der Waals surface area contributed by atoms with Crippen LogP contribution >= 0.6 is 15.9 Å².